The second kappa shape index (κ2) is 4.01. The smallest absolute Gasteiger partial charge is 0.0372 e. The molecule has 0 atom stereocenters. The topological polar surface area (TPSA) is 38.0 Å². The van der Waals surface area contributed by atoms with Crippen molar-refractivity contribution in [1.82, 2.24) is 0 Å². The normalized spacial score (nSPS) is 16.4. The minimum absolute atomic E-state index is 0.630. The molecule has 1 aromatic carbocycles. The van der Waals surface area contributed by atoms with E-state index in [0.717, 1.165) is 0 Å². The Morgan fingerprint density at radius 3 is 2.71 bits per heavy atom. The van der Waals surface area contributed by atoms with Gasteiger partial charge in [0.1, 0.15) is 0 Å². The highest BCUT2D eigenvalue weighted by molar-refractivity contribution is 5.52. The highest BCUT2D eigenvalue weighted by Gasteiger charge is 2.17. The van der Waals surface area contributed by atoms with E-state index in [0.29, 0.717) is 12.6 Å². The zero-order chi connectivity index (χ0) is 9.97. The summed E-state index contributed by atoms with van der Waals surface area (Å²) in [5.74, 6) is 0. The van der Waals surface area contributed by atoms with E-state index in [2.05, 4.69) is 30.4 Å². The summed E-state index contributed by atoms with van der Waals surface area (Å²) in [6, 6.07) is 7.13. The van der Waals surface area contributed by atoms with Gasteiger partial charge in [-0.2, -0.15) is 0 Å². The van der Waals surface area contributed by atoms with Crippen LogP contribution in [0.1, 0.15) is 30.4 Å². The molecule has 0 saturated heterocycles. The summed E-state index contributed by atoms with van der Waals surface area (Å²) >= 11 is 0. The van der Waals surface area contributed by atoms with Crippen LogP contribution >= 0.6 is 0 Å². The van der Waals surface area contributed by atoms with Crippen LogP contribution in [-0.2, 0) is 6.54 Å². The van der Waals surface area contributed by atoms with Crippen LogP contribution in [0.2, 0.25) is 0 Å². The van der Waals surface area contributed by atoms with E-state index < -0.39 is 0 Å². The molecule has 0 heterocycles. The third-order valence-electron chi connectivity index (χ3n) is 2.99. The summed E-state index contributed by atoms with van der Waals surface area (Å²) in [7, 11) is 0. The first-order valence-corrected chi connectivity index (χ1v) is 5.36. The van der Waals surface area contributed by atoms with Crippen molar-refractivity contribution in [3.63, 3.8) is 0 Å². The molecule has 3 N–H and O–H groups in total. The lowest BCUT2D eigenvalue weighted by Gasteiger charge is -2.28. The van der Waals surface area contributed by atoms with E-state index in [9.17, 15) is 0 Å². The lowest BCUT2D eigenvalue weighted by molar-refractivity contribution is 0.445. The first-order valence-electron chi connectivity index (χ1n) is 5.36. The molecular weight excluding hydrogens is 172 g/mol. The summed E-state index contributed by atoms with van der Waals surface area (Å²) < 4.78 is 0. The molecule has 76 valence electrons. The molecular formula is C12H18N2. The molecule has 0 aliphatic heterocycles. The van der Waals surface area contributed by atoms with Crippen molar-refractivity contribution < 1.29 is 0 Å². The highest BCUT2D eigenvalue weighted by Crippen LogP contribution is 2.25. The van der Waals surface area contributed by atoms with Crippen LogP contribution in [0.25, 0.3) is 0 Å². The molecule has 1 fully saturated rings. The number of aryl methyl sites for hydroxylation is 1. The molecule has 0 spiro atoms. The van der Waals surface area contributed by atoms with Gasteiger partial charge in [0.25, 0.3) is 0 Å². The number of nitrogens with one attached hydrogen (secondary N) is 1. The fourth-order valence-corrected chi connectivity index (χ4v) is 1.79. The van der Waals surface area contributed by atoms with Crippen LogP contribution in [0, 0.1) is 6.92 Å². The van der Waals surface area contributed by atoms with Crippen molar-refractivity contribution in [2.75, 3.05) is 5.32 Å². The molecule has 0 amide bonds. The van der Waals surface area contributed by atoms with Crippen LogP contribution in [0.5, 0.6) is 0 Å². The maximum absolute atomic E-state index is 5.59. The second-order valence-corrected chi connectivity index (χ2v) is 4.13. The zero-order valence-corrected chi connectivity index (χ0v) is 8.72. The second-order valence-electron chi connectivity index (χ2n) is 4.13. The van der Waals surface area contributed by atoms with Gasteiger partial charge in [-0.3, -0.25) is 0 Å². The van der Waals surface area contributed by atoms with Gasteiger partial charge in [0, 0.05) is 18.3 Å². The van der Waals surface area contributed by atoms with Gasteiger partial charge >= 0.3 is 0 Å². The summed E-state index contributed by atoms with van der Waals surface area (Å²) in [6.07, 6.45) is 4.01. The Labute approximate surface area is 85.5 Å². The molecule has 1 aliphatic rings. The maximum atomic E-state index is 5.59. The lowest BCUT2D eigenvalue weighted by atomic mass is 9.92. The average Bonchev–Trinajstić information content (AvgIpc) is 2.13. The SMILES string of the molecule is Cc1cc(CN)ccc1NC1CCC1. The molecule has 2 heteroatoms. The number of benzene rings is 1. The van der Waals surface area contributed by atoms with E-state index in [4.69, 9.17) is 5.73 Å². The Morgan fingerprint density at radius 1 is 1.43 bits per heavy atom. The first kappa shape index (κ1) is 9.53. The third kappa shape index (κ3) is 1.90. The molecule has 0 bridgehead atoms. The summed E-state index contributed by atoms with van der Waals surface area (Å²) in [4.78, 5) is 0. The Hall–Kier alpha value is -1.02. The van der Waals surface area contributed by atoms with Crippen LogP contribution in [-0.4, -0.2) is 6.04 Å². The minimum Gasteiger partial charge on any atom is -0.382 e. The van der Waals surface area contributed by atoms with Gasteiger partial charge < -0.3 is 11.1 Å². The van der Waals surface area contributed by atoms with Gasteiger partial charge in [-0.05, 0) is 43.4 Å². The lowest BCUT2D eigenvalue weighted by Crippen LogP contribution is -2.27. The van der Waals surface area contributed by atoms with Crippen LogP contribution in [0.15, 0.2) is 18.2 Å². The van der Waals surface area contributed by atoms with E-state index in [1.165, 1.54) is 36.1 Å². The highest BCUT2D eigenvalue weighted by atomic mass is 14.9. The average molecular weight is 190 g/mol. The molecule has 2 nitrogen and oxygen atoms in total. The van der Waals surface area contributed by atoms with Gasteiger partial charge in [-0.1, -0.05) is 12.1 Å². The Morgan fingerprint density at radius 2 is 2.21 bits per heavy atom. The van der Waals surface area contributed by atoms with Crippen molar-refractivity contribution in [3.8, 4) is 0 Å². The number of anilines is 1. The largest absolute Gasteiger partial charge is 0.382 e. The monoisotopic (exact) mass is 190 g/mol. The van der Waals surface area contributed by atoms with E-state index >= 15 is 0 Å². The fraction of sp³-hybridized carbons (Fsp3) is 0.500. The number of hydrogen-bond acceptors (Lipinski definition) is 2. The molecule has 1 saturated carbocycles. The molecule has 0 unspecified atom stereocenters. The van der Waals surface area contributed by atoms with Gasteiger partial charge in [-0.25, -0.2) is 0 Å². The summed E-state index contributed by atoms with van der Waals surface area (Å²) in [5, 5.41) is 3.56. The quantitative estimate of drug-likeness (QED) is 0.768. The summed E-state index contributed by atoms with van der Waals surface area (Å²) in [5.41, 5.74) is 9.37. The Bertz CT molecular complexity index is 316. The van der Waals surface area contributed by atoms with Crippen molar-refractivity contribution in [2.24, 2.45) is 5.73 Å². The molecule has 1 aromatic rings. The predicted octanol–water partition coefficient (Wildman–Crippen LogP) is 2.42. The predicted molar refractivity (Wildman–Crippen MR) is 60.3 cm³/mol. The van der Waals surface area contributed by atoms with Crippen molar-refractivity contribution in [2.45, 2.75) is 38.8 Å². The van der Waals surface area contributed by atoms with Crippen LogP contribution < -0.4 is 11.1 Å². The number of rotatable bonds is 3. The maximum Gasteiger partial charge on any atom is 0.0372 e. The Kier molecular flexibility index (Phi) is 2.73. The molecule has 0 aromatic heterocycles. The van der Waals surface area contributed by atoms with Crippen LogP contribution in [0.3, 0.4) is 0 Å². The molecule has 0 radical (unpaired) electrons. The van der Waals surface area contributed by atoms with Crippen molar-refractivity contribution in [3.05, 3.63) is 29.3 Å². The minimum atomic E-state index is 0.630. The number of hydrogen-bond donors (Lipinski definition) is 2. The summed E-state index contributed by atoms with van der Waals surface area (Å²) in [6.45, 7) is 2.77. The first-order chi connectivity index (χ1) is 6.79. The van der Waals surface area contributed by atoms with Crippen LogP contribution in [0.4, 0.5) is 5.69 Å². The molecule has 14 heavy (non-hydrogen) atoms. The van der Waals surface area contributed by atoms with Crippen molar-refractivity contribution in [1.29, 1.82) is 0 Å². The van der Waals surface area contributed by atoms with Gasteiger partial charge in [-0.15, -0.1) is 0 Å². The van der Waals surface area contributed by atoms with E-state index in [1.807, 2.05) is 0 Å². The fourth-order valence-electron chi connectivity index (χ4n) is 1.79. The Balaban J connectivity index is 2.09. The van der Waals surface area contributed by atoms with Gasteiger partial charge in [0.15, 0.2) is 0 Å². The molecule has 1 aliphatic carbocycles. The van der Waals surface area contributed by atoms with Gasteiger partial charge in [0.2, 0.25) is 0 Å². The standard InChI is InChI=1S/C12H18N2/c1-9-7-10(8-13)5-6-12(9)14-11-3-2-4-11/h5-7,11,14H,2-4,8,13H2,1H3. The molecule has 2 rings (SSSR count). The van der Waals surface area contributed by atoms with Gasteiger partial charge in [0.05, 0.1) is 0 Å². The van der Waals surface area contributed by atoms with Crippen molar-refractivity contribution >= 4 is 5.69 Å². The zero-order valence-electron chi connectivity index (χ0n) is 8.72. The number of nitrogens with two attached hydrogens (primary N) is 1. The van der Waals surface area contributed by atoms with E-state index in [1.54, 1.807) is 0 Å². The van der Waals surface area contributed by atoms with E-state index in [-0.39, 0.29) is 0 Å². The third-order valence-corrected chi connectivity index (χ3v) is 2.99.